The summed E-state index contributed by atoms with van der Waals surface area (Å²) >= 11 is 0. The van der Waals surface area contributed by atoms with E-state index in [2.05, 4.69) is 21.1 Å². The number of rotatable bonds is 6. The monoisotopic (exact) mass is 268 g/mol. The molecule has 0 spiro atoms. The summed E-state index contributed by atoms with van der Waals surface area (Å²) in [5, 5.41) is 7.26. The Morgan fingerprint density at radius 1 is 1.61 bits per heavy atom. The lowest BCUT2D eigenvalue weighted by molar-refractivity contribution is 0.322. The van der Waals surface area contributed by atoms with Gasteiger partial charge in [0.25, 0.3) is 0 Å². The molecular weight excluding hydrogens is 252 g/mol. The number of nitrogens with one attached hydrogen (secondary N) is 2. The highest BCUT2D eigenvalue weighted by Crippen LogP contribution is 2.18. The third-order valence-electron chi connectivity index (χ3n) is 2.77. The van der Waals surface area contributed by atoms with Gasteiger partial charge in [-0.05, 0) is 6.42 Å². The van der Waals surface area contributed by atoms with Crippen molar-refractivity contribution in [3.63, 3.8) is 0 Å². The zero-order chi connectivity index (χ0) is 13.0. The Bertz CT molecular complexity index is 540. The first-order chi connectivity index (χ1) is 8.62. The van der Waals surface area contributed by atoms with Crippen molar-refractivity contribution in [1.29, 1.82) is 0 Å². The van der Waals surface area contributed by atoms with Crippen LogP contribution in [-0.2, 0) is 10.0 Å². The number of sulfonamides is 1. The van der Waals surface area contributed by atoms with Crippen molar-refractivity contribution in [3.8, 4) is 12.3 Å². The van der Waals surface area contributed by atoms with E-state index in [9.17, 15) is 8.42 Å². The van der Waals surface area contributed by atoms with Gasteiger partial charge < -0.3 is 5.32 Å². The third-order valence-corrected chi connectivity index (χ3v) is 4.12. The molecule has 0 atom stereocenters. The number of nitrogens with zero attached hydrogens (tertiary/aromatic N) is 2. The van der Waals surface area contributed by atoms with Gasteiger partial charge >= 0.3 is 0 Å². The second-order valence-corrected chi connectivity index (χ2v) is 6.04. The summed E-state index contributed by atoms with van der Waals surface area (Å²) in [6, 6.07) is 1.89. The van der Waals surface area contributed by atoms with E-state index in [1.54, 1.807) is 16.9 Å². The van der Waals surface area contributed by atoms with Gasteiger partial charge in [-0.25, -0.2) is 13.1 Å². The van der Waals surface area contributed by atoms with E-state index in [1.165, 1.54) is 0 Å². The molecule has 2 N–H and O–H groups in total. The van der Waals surface area contributed by atoms with E-state index in [0.717, 1.165) is 13.1 Å². The molecule has 2 heterocycles. The van der Waals surface area contributed by atoms with Crippen molar-refractivity contribution >= 4 is 15.8 Å². The largest absolute Gasteiger partial charge is 0.312 e. The molecule has 0 radical (unpaired) electrons. The summed E-state index contributed by atoms with van der Waals surface area (Å²) in [7, 11) is -3.34. The number of aromatic nitrogens is 2. The highest BCUT2D eigenvalue weighted by atomic mass is 32.2. The van der Waals surface area contributed by atoms with Gasteiger partial charge in [0.2, 0.25) is 10.0 Å². The van der Waals surface area contributed by atoms with Gasteiger partial charge in [0, 0.05) is 25.6 Å². The molecule has 1 aromatic rings. The van der Waals surface area contributed by atoms with Crippen LogP contribution in [0.3, 0.4) is 0 Å². The summed E-state index contributed by atoms with van der Waals surface area (Å²) in [6.07, 6.45) is 7.62. The molecule has 1 aromatic heterocycles. The number of hydrogen-bond acceptors (Lipinski definition) is 4. The van der Waals surface area contributed by atoms with Crippen LogP contribution < -0.4 is 10.0 Å². The lowest BCUT2D eigenvalue weighted by Crippen LogP contribution is -2.44. The number of hydrogen-bond donors (Lipinski definition) is 2. The van der Waals surface area contributed by atoms with Crippen LogP contribution in [0.1, 0.15) is 18.9 Å². The molecule has 1 aliphatic rings. The Balaban J connectivity index is 2.00. The highest BCUT2D eigenvalue weighted by molar-refractivity contribution is 7.92. The van der Waals surface area contributed by atoms with Gasteiger partial charge in [0.05, 0.1) is 18.0 Å². The summed E-state index contributed by atoms with van der Waals surface area (Å²) < 4.78 is 27.9. The van der Waals surface area contributed by atoms with Crippen LogP contribution in [0.25, 0.3) is 0 Å². The molecule has 0 unspecified atom stereocenters. The summed E-state index contributed by atoms with van der Waals surface area (Å²) in [5.41, 5.74) is 0. The molecule has 0 aromatic carbocycles. The van der Waals surface area contributed by atoms with Crippen molar-refractivity contribution in [1.82, 2.24) is 15.1 Å². The van der Waals surface area contributed by atoms with Crippen molar-refractivity contribution < 1.29 is 8.42 Å². The molecule has 0 saturated carbocycles. The molecule has 1 fully saturated rings. The zero-order valence-corrected chi connectivity index (χ0v) is 10.8. The zero-order valence-electron chi connectivity index (χ0n) is 9.96. The van der Waals surface area contributed by atoms with E-state index in [-0.39, 0.29) is 11.8 Å². The Kier molecular flexibility index (Phi) is 3.89. The maximum atomic E-state index is 11.8. The van der Waals surface area contributed by atoms with Crippen LogP contribution >= 0.6 is 0 Å². The van der Waals surface area contributed by atoms with Crippen LogP contribution in [0.2, 0.25) is 0 Å². The average molecular weight is 268 g/mol. The number of anilines is 1. The predicted molar refractivity (Wildman–Crippen MR) is 69.6 cm³/mol. The smallest absolute Gasteiger partial charge is 0.233 e. The van der Waals surface area contributed by atoms with Gasteiger partial charge in [-0.15, -0.1) is 12.3 Å². The van der Waals surface area contributed by atoms with Crippen molar-refractivity contribution in [3.05, 3.63) is 12.3 Å². The van der Waals surface area contributed by atoms with E-state index >= 15 is 0 Å². The first-order valence-electron chi connectivity index (χ1n) is 5.80. The maximum Gasteiger partial charge on any atom is 0.233 e. The minimum Gasteiger partial charge on any atom is -0.312 e. The van der Waals surface area contributed by atoms with Gasteiger partial charge in [0.1, 0.15) is 5.82 Å². The molecule has 0 aliphatic carbocycles. The molecule has 1 saturated heterocycles. The van der Waals surface area contributed by atoms with Crippen molar-refractivity contribution in [2.75, 3.05) is 23.6 Å². The molecule has 18 heavy (non-hydrogen) atoms. The second-order valence-electron chi connectivity index (χ2n) is 4.20. The summed E-state index contributed by atoms with van der Waals surface area (Å²) in [5.74, 6) is 2.98. The van der Waals surface area contributed by atoms with Crippen LogP contribution in [-0.4, -0.2) is 37.0 Å². The van der Waals surface area contributed by atoms with E-state index < -0.39 is 10.0 Å². The maximum absolute atomic E-state index is 11.8. The Hall–Kier alpha value is -1.52. The molecule has 98 valence electrons. The Morgan fingerprint density at radius 2 is 2.39 bits per heavy atom. The van der Waals surface area contributed by atoms with Gasteiger partial charge in [-0.2, -0.15) is 5.10 Å². The van der Waals surface area contributed by atoms with Gasteiger partial charge in [-0.1, -0.05) is 0 Å². The molecule has 1 aliphatic heterocycles. The van der Waals surface area contributed by atoms with E-state index in [4.69, 9.17) is 6.42 Å². The lowest BCUT2D eigenvalue weighted by Gasteiger charge is -2.28. The fraction of sp³-hybridized carbons (Fsp3) is 0.545. The molecule has 7 heteroatoms. The van der Waals surface area contributed by atoms with Crippen LogP contribution in [0.4, 0.5) is 5.82 Å². The SMILES string of the molecule is C#CCCCS(=O)(=O)Nc1ccnn1C1CNC1. The Labute approximate surface area is 107 Å². The van der Waals surface area contributed by atoms with Crippen molar-refractivity contribution in [2.45, 2.75) is 18.9 Å². The molecular formula is C11H16N4O2S. The Morgan fingerprint density at radius 3 is 3.00 bits per heavy atom. The first-order valence-corrected chi connectivity index (χ1v) is 7.46. The second kappa shape index (κ2) is 5.42. The molecule has 2 rings (SSSR count). The fourth-order valence-corrected chi connectivity index (χ4v) is 2.81. The summed E-state index contributed by atoms with van der Waals surface area (Å²) in [6.45, 7) is 1.63. The topological polar surface area (TPSA) is 76.0 Å². The van der Waals surface area contributed by atoms with Gasteiger partial charge in [-0.3, -0.25) is 4.72 Å². The molecule has 6 nitrogen and oxygen atoms in total. The minimum absolute atomic E-state index is 0.0330. The lowest BCUT2D eigenvalue weighted by atomic mass is 10.2. The third kappa shape index (κ3) is 3.03. The quantitative estimate of drug-likeness (QED) is 0.570. The van der Waals surface area contributed by atoms with E-state index in [0.29, 0.717) is 18.7 Å². The minimum atomic E-state index is -3.34. The predicted octanol–water partition coefficient (Wildman–Crippen LogP) is 0.182. The summed E-state index contributed by atoms with van der Waals surface area (Å²) in [4.78, 5) is 0. The van der Waals surface area contributed by atoms with Crippen molar-refractivity contribution in [2.24, 2.45) is 0 Å². The molecule has 0 amide bonds. The first kappa shape index (κ1) is 12.9. The highest BCUT2D eigenvalue weighted by Gasteiger charge is 2.23. The van der Waals surface area contributed by atoms with Crippen LogP contribution in [0, 0.1) is 12.3 Å². The normalized spacial score (nSPS) is 15.9. The average Bonchev–Trinajstić information content (AvgIpc) is 2.63. The number of terminal acetylenes is 1. The van der Waals surface area contributed by atoms with Crippen LogP contribution in [0.5, 0.6) is 0 Å². The fourth-order valence-electron chi connectivity index (χ4n) is 1.71. The van der Waals surface area contributed by atoms with Gasteiger partial charge in [0.15, 0.2) is 0 Å². The van der Waals surface area contributed by atoms with E-state index in [1.807, 2.05) is 0 Å². The molecule has 0 bridgehead atoms. The van der Waals surface area contributed by atoms with Crippen LogP contribution in [0.15, 0.2) is 12.3 Å². The standard InChI is InChI=1S/C11H16N4O2S/c1-2-3-4-7-18(16,17)14-11-5-6-13-15(11)10-8-12-9-10/h1,5-6,10,12,14H,3-4,7-9H2. The number of unbranched alkanes of at least 4 members (excludes halogenated alkanes) is 1.